The van der Waals surface area contributed by atoms with E-state index in [0.29, 0.717) is 11.3 Å². The topological polar surface area (TPSA) is 76.4 Å². The van der Waals surface area contributed by atoms with Gasteiger partial charge in [-0.05, 0) is 17.7 Å². The van der Waals surface area contributed by atoms with E-state index in [2.05, 4.69) is 4.74 Å². The second kappa shape index (κ2) is 6.03. The number of hydrogen-bond acceptors (Lipinski definition) is 5. The maximum Gasteiger partial charge on any atom is 0.376 e. The first-order chi connectivity index (χ1) is 8.54. The lowest BCUT2D eigenvalue weighted by atomic mass is 9.96. The van der Waals surface area contributed by atoms with Gasteiger partial charge in [0.25, 0.3) is 5.78 Å². The van der Waals surface area contributed by atoms with Crippen LogP contribution in [0, 0.1) is 11.3 Å². The summed E-state index contributed by atoms with van der Waals surface area (Å²) in [5, 5.41) is 9.22. The minimum absolute atomic E-state index is 0.257. The van der Waals surface area contributed by atoms with Crippen LogP contribution in [0.3, 0.4) is 0 Å². The fourth-order valence-corrected chi connectivity index (χ4v) is 1.63. The van der Waals surface area contributed by atoms with Crippen molar-refractivity contribution in [1.82, 2.24) is 0 Å². The number of carbonyl (C=O) groups excluding carboxylic acids is 2. The van der Waals surface area contributed by atoms with Crippen molar-refractivity contribution < 1.29 is 19.1 Å². The number of carbonyl (C=O) groups is 2. The molecule has 0 aliphatic carbocycles. The summed E-state index contributed by atoms with van der Waals surface area (Å²) in [7, 11) is 2.53. The Morgan fingerprint density at radius 2 is 2.06 bits per heavy atom. The molecule has 18 heavy (non-hydrogen) atoms. The van der Waals surface area contributed by atoms with Crippen molar-refractivity contribution in [2.75, 3.05) is 14.2 Å². The van der Waals surface area contributed by atoms with Gasteiger partial charge in [0.2, 0.25) is 0 Å². The fraction of sp³-hybridized carbons (Fsp3) is 0.250. The molecule has 6 heteroatoms. The molecule has 0 saturated carbocycles. The van der Waals surface area contributed by atoms with E-state index in [-0.39, 0.29) is 5.02 Å². The summed E-state index contributed by atoms with van der Waals surface area (Å²) in [5.74, 6) is -2.81. The molecule has 0 saturated heterocycles. The van der Waals surface area contributed by atoms with Crippen LogP contribution in [0.2, 0.25) is 5.02 Å². The third-order valence-corrected chi connectivity index (χ3v) is 2.58. The number of methoxy groups -OCH3 is 2. The number of benzene rings is 1. The molecule has 0 heterocycles. The largest absolute Gasteiger partial charge is 0.495 e. The van der Waals surface area contributed by atoms with E-state index in [1.807, 2.05) is 0 Å². The quantitative estimate of drug-likeness (QED) is 0.613. The second-order valence-electron chi connectivity index (χ2n) is 3.31. The Morgan fingerprint density at radius 1 is 1.39 bits per heavy atom. The minimum Gasteiger partial charge on any atom is -0.495 e. The average Bonchev–Trinajstić information content (AvgIpc) is 2.38. The smallest absolute Gasteiger partial charge is 0.376 e. The Hall–Kier alpha value is -2.06. The summed E-state index contributed by atoms with van der Waals surface area (Å²) in [6.07, 6.45) is 0. The summed E-state index contributed by atoms with van der Waals surface area (Å²) in [6.45, 7) is 0. The number of ether oxygens (including phenoxy) is 2. The van der Waals surface area contributed by atoms with E-state index in [4.69, 9.17) is 21.6 Å². The first-order valence-electron chi connectivity index (χ1n) is 4.90. The summed E-state index contributed by atoms with van der Waals surface area (Å²) in [6, 6.07) is 6.18. The Bertz CT molecular complexity index is 521. The van der Waals surface area contributed by atoms with Gasteiger partial charge in [-0.15, -0.1) is 0 Å². The Morgan fingerprint density at radius 3 is 2.50 bits per heavy atom. The van der Waals surface area contributed by atoms with Crippen molar-refractivity contribution in [3.05, 3.63) is 28.8 Å². The molecular weight excluding hydrogens is 258 g/mol. The molecule has 0 N–H and O–H groups in total. The minimum atomic E-state index is -1.24. The zero-order valence-corrected chi connectivity index (χ0v) is 10.5. The summed E-state index contributed by atoms with van der Waals surface area (Å²) in [5.41, 5.74) is 0.318. The molecule has 0 aliphatic rings. The molecule has 1 aromatic rings. The highest BCUT2D eigenvalue weighted by molar-refractivity contribution is 6.36. The van der Waals surface area contributed by atoms with Gasteiger partial charge in [0, 0.05) is 0 Å². The lowest BCUT2D eigenvalue weighted by molar-refractivity contribution is -0.151. The molecule has 1 unspecified atom stereocenters. The molecule has 1 aromatic carbocycles. The third-order valence-electron chi connectivity index (χ3n) is 2.29. The second-order valence-corrected chi connectivity index (χ2v) is 3.72. The molecule has 0 amide bonds. The maximum absolute atomic E-state index is 11.6. The van der Waals surface area contributed by atoms with E-state index < -0.39 is 17.7 Å². The number of halogens is 1. The van der Waals surface area contributed by atoms with Crippen molar-refractivity contribution in [1.29, 1.82) is 5.26 Å². The van der Waals surface area contributed by atoms with Crippen molar-refractivity contribution in [2.24, 2.45) is 0 Å². The highest BCUT2D eigenvalue weighted by atomic mass is 35.5. The maximum atomic E-state index is 11.6. The SMILES string of the molecule is COC(=O)C(=O)C(C#N)c1ccc(OC)c(Cl)c1. The predicted molar refractivity (Wildman–Crippen MR) is 63.4 cm³/mol. The van der Waals surface area contributed by atoms with Crippen molar-refractivity contribution in [3.63, 3.8) is 0 Å². The van der Waals surface area contributed by atoms with Gasteiger partial charge in [0.05, 0.1) is 25.3 Å². The van der Waals surface area contributed by atoms with Crippen LogP contribution in [0.15, 0.2) is 18.2 Å². The molecule has 0 fully saturated rings. The van der Waals surface area contributed by atoms with Gasteiger partial charge in [-0.3, -0.25) is 4.79 Å². The Kier molecular flexibility index (Phi) is 4.69. The summed E-state index contributed by atoms with van der Waals surface area (Å²) in [4.78, 5) is 22.7. The first-order valence-corrected chi connectivity index (χ1v) is 5.28. The number of nitriles is 1. The predicted octanol–water partition coefficient (Wildman–Crippen LogP) is 1.70. The number of rotatable bonds is 4. The number of nitrogens with zero attached hydrogens (tertiary/aromatic N) is 1. The van der Waals surface area contributed by atoms with Gasteiger partial charge in [-0.1, -0.05) is 17.7 Å². The van der Waals surface area contributed by atoms with Gasteiger partial charge >= 0.3 is 5.97 Å². The molecule has 1 atom stereocenters. The molecular formula is C12H10ClNO4. The molecule has 1 rings (SSSR count). The van der Waals surface area contributed by atoms with Crippen LogP contribution in [0.1, 0.15) is 11.5 Å². The number of Topliss-reactive ketones (excluding diaryl/α,β-unsaturated/α-hetero) is 1. The van der Waals surface area contributed by atoms with E-state index >= 15 is 0 Å². The third kappa shape index (κ3) is 2.79. The molecule has 0 radical (unpaired) electrons. The Labute approximate surface area is 109 Å². The van der Waals surface area contributed by atoms with Gasteiger partial charge in [-0.2, -0.15) is 5.26 Å². The molecule has 0 spiro atoms. The lowest BCUT2D eigenvalue weighted by Gasteiger charge is -2.09. The number of hydrogen-bond donors (Lipinski definition) is 0. The van der Waals surface area contributed by atoms with Gasteiger partial charge in [0.15, 0.2) is 0 Å². The van der Waals surface area contributed by atoms with Crippen LogP contribution in [-0.4, -0.2) is 26.0 Å². The molecule has 0 aliphatic heterocycles. The van der Waals surface area contributed by atoms with Crippen LogP contribution in [0.25, 0.3) is 0 Å². The highest BCUT2D eigenvalue weighted by Crippen LogP contribution is 2.28. The van der Waals surface area contributed by atoms with Crippen LogP contribution >= 0.6 is 11.6 Å². The van der Waals surface area contributed by atoms with Crippen molar-refractivity contribution >= 4 is 23.4 Å². The van der Waals surface area contributed by atoms with E-state index in [9.17, 15) is 9.59 Å². The standard InChI is InChI=1S/C12H10ClNO4/c1-17-10-4-3-7(5-9(10)13)8(6-14)11(15)12(16)18-2/h3-5,8H,1-2H3. The Balaban J connectivity index is 3.11. The lowest BCUT2D eigenvalue weighted by Crippen LogP contribution is -2.22. The van der Waals surface area contributed by atoms with Crippen LogP contribution < -0.4 is 4.74 Å². The molecule has 94 valence electrons. The monoisotopic (exact) mass is 267 g/mol. The van der Waals surface area contributed by atoms with Crippen LogP contribution in [0.4, 0.5) is 0 Å². The van der Waals surface area contributed by atoms with E-state index in [0.717, 1.165) is 7.11 Å². The zero-order chi connectivity index (χ0) is 13.7. The van der Waals surface area contributed by atoms with E-state index in [1.165, 1.54) is 25.3 Å². The summed E-state index contributed by atoms with van der Waals surface area (Å²) >= 11 is 5.89. The zero-order valence-electron chi connectivity index (χ0n) is 9.77. The van der Waals surface area contributed by atoms with E-state index in [1.54, 1.807) is 6.07 Å². The van der Waals surface area contributed by atoms with Crippen molar-refractivity contribution in [2.45, 2.75) is 5.92 Å². The number of esters is 1. The van der Waals surface area contributed by atoms with Gasteiger partial charge in [0.1, 0.15) is 11.7 Å². The average molecular weight is 268 g/mol. The van der Waals surface area contributed by atoms with Gasteiger partial charge in [-0.25, -0.2) is 4.79 Å². The van der Waals surface area contributed by atoms with Gasteiger partial charge < -0.3 is 9.47 Å². The molecule has 5 nitrogen and oxygen atoms in total. The van der Waals surface area contributed by atoms with Crippen LogP contribution in [-0.2, 0) is 14.3 Å². The fourth-order valence-electron chi connectivity index (χ4n) is 1.37. The molecule has 0 bridgehead atoms. The molecule has 0 aromatic heterocycles. The normalized spacial score (nSPS) is 11.2. The first kappa shape index (κ1) is 14.0. The van der Waals surface area contributed by atoms with Crippen LogP contribution in [0.5, 0.6) is 5.75 Å². The number of ketones is 1. The highest BCUT2D eigenvalue weighted by Gasteiger charge is 2.28. The summed E-state index contributed by atoms with van der Waals surface area (Å²) < 4.78 is 9.25. The van der Waals surface area contributed by atoms with Crippen molar-refractivity contribution in [3.8, 4) is 11.8 Å².